The van der Waals surface area contributed by atoms with E-state index in [4.69, 9.17) is 9.84 Å². The number of rotatable bonds is 3. The van der Waals surface area contributed by atoms with Crippen LogP contribution in [0.2, 0.25) is 0 Å². The van der Waals surface area contributed by atoms with Crippen LogP contribution in [-0.2, 0) is 14.3 Å². The van der Waals surface area contributed by atoms with Crippen LogP contribution < -0.4 is 0 Å². The molecule has 2 rings (SSSR count). The molecule has 2 aliphatic heterocycles. The normalized spacial score (nSPS) is 32.9. The van der Waals surface area contributed by atoms with Gasteiger partial charge in [-0.15, -0.1) is 11.8 Å². The maximum absolute atomic E-state index is 11.6. The van der Waals surface area contributed by atoms with Crippen molar-refractivity contribution >= 4 is 23.6 Å². The zero-order valence-electron chi connectivity index (χ0n) is 9.04. The molecule has 0 aromatic rings. The molecule has 1 amide bonds. The fourth-order valence-corrected chi connectivity index (χ4v) is 3.37. The van der Waals surface area contributed by atoms with Crippen molar-refractivity contribution in [3.63, 3.8) is 0 Å². The molecule has 16 heavy (non-hydrogen) atoms. The molecule has 3 atom stereocenters. The van der Waals surface area contributed by atoms with Crippen molar-refractivity contribution in [1.29, 1.82) is 0 Å². The van der Waals surface area contributed by atoms with Gasteiger partial charge in [-0.1, -0.05) is 6.92 Å². The number of thioether (sulfide) groups is 1. The Kier molecular flexibility index (Phi) is 2.94. The fourth-order valence-electron chi connectivity index (χ4n) is 1.91. The topological polar surface area (TPSA) is 66.8 Å². The molecule has 0 aromatic heterocycles. The number of carboxylic acids is 1. The van der Waals surface area contributed by atoms with Crippen LogP contribution in [0.5, 0.6) is 0 Å². The van der Waals surface area contributed by atoms with Gasteiger partial charge in [0.05, 0.1) is 0 Å². The van der Waals surface area contributed by atoms with Crippen LogP contribution >= 0.6 is 11.8 Å². The first-order valence-corrected chi connectivity index (χ1v) is 6.00. The van der Waals surface area contributed by atoms with Crippen molar-refractivity contribution < 1.29 is 19.4 Å². The SMILES string of the molecule is CCC1C=C(C(=O)O)N2C(=O)C(OC)[C@H]2S1. The summed E-state index contributed by atoms with van der Waals surface area (Å²) in [5.74, 6) is -1.31. The van der Waals surface area contributed by atoms with Gasteiger partial charge in [-0.2, -0.15) is 0 Å². The van der Waals surface area contributed by atoms with Gasteiger partial charge in [-0.3, -0.25) is 9.69 Å². The van der Waals surface area contributed by atoms with Crippen molar-refractivity contribution in [1.82, 2.24) is 4.90 Å². The predicted octanol–water partition coefficient (Wildman–Crippen LogP) is 0.664. The number of carbonyl (C=O) groups excluding carboxylic acids is 1. The molecule has 0 aliphatic carbocycles. The Labute approximate surface area is 97.4 Å². The predicted molar refractivity (Wildman–Crippen MR) is 58.8 cm³/mol. The molecular weight excluding hydrogens is 230 g/mol. The molecule has 0 saturated carbocycles. The molecular formula is C10H13NO4S. The highest BCUT2D eigenvalue weighted by Crippen LogP contribution is 2.42. The average molecular weight is 243 g/mol. The summed E-state index contributed by atoms with van der Waals surface area (Å²) < 4.78 is 5.06. The summed E-state index contributed by atoms with van der Waals surface area (Å²) in [7, 11) is 1.47. The molecule has 2 heterocycles. The molecule has 0 spiro atoms. The smallest absolute Gasteiger partial charge is 0.352 e. The number of hydrogen-bond acceptors (Lipinski definition) is 4. The average Bonchev–Trinajstić information content (AvgIpc) is 2.27. The van der Waals surface area contributed by atoms with Gasteiger partial charge in [0, 0.05) is 12.4 Å². The Hall–Kier alpha value is -1.01. The second-order valence-corrected chi connectivity index (χ2v) is 5.06. The molecule has 88 valence electrons. The van der Waals surface area contributed by atoms with Crippen LogP contribution in [0.3, 0.4) is 0 Å². The number of nitrogens with zero attached hydrogens (tertiary/aromatic N) is 1. The van der Waals surface area contributed by atoms with E-state index in [1.54, 1.807) is 17.8 Å². The van der Waals surface area contributed by atoms with Gasteiger partial charge < -0.3 is 9.84 Å². The van der Waals surface area contributed by atoms with E-state index in [9.17, 15) is 9.59 Å². The molecule has 0 bridgehead atoms. The summed E-state index contributed by atoms with van der Waals surface area (Å²) in [4.78, 5) is 24.0. The lowest BCUT2D eigenvalue weighted by Crippen LogP contribution is -2.65. The Bertz CT molecular complexity index is 368. The second kappa shape index (κ2) is 4.10. The lowest BCUT2D eigenvalue weighted by atomic mass is 10.1. The lowest BCUT2D eigenvalue weighted by molar-refractivity contribution is -0.162. The van der Waals surface area contributed by atoms with Crippen molar-refractivity contribution in [3.05, 3.63) is 11.8 Å². The Morgan fingerprint density at radius 3 is 2.88 bits per heavy atom. The van der Waals surface area contributed by atoms with Gasteiger partial charge in [0.15, 0.2) is 6.10 Å². The maximum atomic E-state index is 11.6. The summed E-state index contributed by atoms with van der Waals surface area (Å²) in [6, 6.07) is 0. The third-order valence-corrected chi connectivity index (χ3v) is 4.34. The number of carbonyl (C=O) groups is 2. The number of β-lactam (4-membered cyclic amide) rings is 1. The first-order valence-electron chi connectivity index (χ1n) is 5.06. The van der Waals surface area contributed by atoms with E-state index in [0.717, 1.165) is 6.42 Å². The first-order chi connectivity index (χ1) is 7.60. The van der Waals surface area contributed by atoms with Gasteiger partial charge in [-0.05, 0) is 12.5 Å². The highest BCUT2D eigenvalue weighted by Gasteiger charge is 2.53. The largest absolute Gasteiger partial charge is 0.477 e. The molecule has 2 unspecified atom stereocenters. The number of fused-ring (bicyclic) bond motifs is 1. The maximum Gasteiger partial charge on any atom is 0.352 e. The summed E-state index contributed by atoms with van der Waals surface area (Å²) in [6.45, 7) is 1.99. The number of carboxylic acid groups (broad SMARTS) is 1. The van der Waals surface area contributed by atoms with Gasteiger partial charge in [0.1, 0.15) is 11.1 Å². The van der Waals surface area contributed by atoms with Gasteiger partial charge in [-0.25, -0.2) is 4.79 Å². The molecule has 0 radical (unpaired) electrons. The highest BCUT2D eigenvalue weighted by atomic mass is 32.2. The Morgan fingerprint density at radius 2 is 2.38 bits per heavy atom. The van der Waals surface area contributed by atoms with E-state index < -0.39 is 12.1 Å². The number of aliphatic carboxylic acids is 1. The van der Waals surface area contributed by atoms with Crippen LogP contribution in [0.1, 0.15) is 13.3 Å². The van der Waals surface area contributed by atoms with Crippen LogP contribution in [0, 0.1) is 0 Å². The second-order valence-electron chi connectivity index (χ2n) is 3.69. The molecule has 1 N–H and O–H groups in total. The molecule has 1 saturated heterocycles. The zero-order chi connectivity index (χ0) is 11.9. The monoisotopic (exact) mass is 243 g/mol. The van der Waals surface area contributed by atoms with E-state index in [2.05, 4.69) is 0 Å². The highest BCUT2D eigenvalue weighted by molar-refractivity contribution is 8.00. The quantitative estimate of drug-likeness (QED) is 0.738. The summed E-state index contributed by atoms with van der Waals surface area (Å²) in [6.07, 6.45) is 1.99. The number of amides is 1. The van der Waals surface area contributed by atoms with Crippen molar-refractivity contribution in [3.8, 4) is 0 Å². The van der Waals surface area contributed by atoms with Crippen LogP contribution in [0.25, 0.3) is 0 Å². The summed E-state index contributed by atoms with van der Waals surface area (Å²) in [5, 5.41) is 8.99. The minimum atomic E-state index is -1.05. The summed E-state index contributed by atoms with van der Waals surface area (Å²) >= 11 is 1.58. The molecule has 6 heteroatoms. The fraction of sp³-hybridized carbons (Fsp3) is 0.600. The van der Waals surface area contributed by atoms with Crippen LogP contribution in [-0.4, -0.2) is 45.7 Å². The minimum Gasteiger partial charge on any atom is -0.477 e. The van der Waals surface area contributed by atoms with E-state index in [1.807, 2.05) is 6.92 Å². The number of ether oxygens (including phenoxy) is 1. The molecule has 2 aliphatic rings. The number of hydrogen-bond donors (Lipinski definition) is 1. The third-order valence-electron chi connectivity index (χ3n) is 2.79. The first kappa shape index (κ1) is 11.5. The molecule has 0 aromatic carbocycles. The van der Waals surface area contributed by atoms with E-state index in [-0.39, 0.29) is 22.2 Å². The Morgan fingerprint density at radius 1 is 1.69 bits per heavy atom. The third kappa shape index (κ3) is 1.53. The molecule has 1 fully saturated rings. The van der Waals surface area contributed by atoms with E-state index in [0.29, 0.717) is 0 Å². The van der Waals surface area contributed by atoms with Crippen LogP contribution in [0.15, 0.2) is 11.8 Å². The molecule has 5 nitrogen and oxygen atoms in total. The van der Waals surface area contributed by atoms with E-state index in [1.165, 1.54) is 12.0 Å². The van der Waals surface area contributed by atoms with Crippen molar-refractivity contribution in [2.24, 2.45) is 0 Å². The van der Waals surface area contributed by atoms with Gasteiger partial charge in [0.2, 0.25) is 0 Å². The van der Waals surface area contributed by atoms with Gasteiger partial charge in [0.25, 0.3) is 5.91 Å². The standard InChI is InChI=1S/C10H13NO4S/c1-3-5-4-6(10(13)14)11-8(12)7(15-2)9(11)16-5/h4-5,7,9H,3H2,1-2H3,(H,13,14)/t5?,7?,9-/m1/s1. The van der Waals surface area contributed by atoms with Crippen LogP contribution in [0.4, 0.5) is 0 Å². The minimum absolute atomic E-state index is 0.0916. The van der Waals surface area contributed by atoms with Crippen molar-refractivity contribution in [2.75, 3.05) is 7.11 Å². The number of methoxy groups -OCH3 is 1. The lowest BCUT2D eigenvalue weighted by Gasteiger charge is -2.48. The van der Waals surface area contributed by atoms with Gasteiger partial charge >= 0.3 is 5.97 Å². The Balaban J connectivity index is 2.28. The van der Waals surface area contributed by atoms with Crippen molar-refractivity contribution in [2.45, 2.75) is 30.1 Å². The summed E-state index contributed by atoms with van der Waals surface area (Å²) in [5.41, 5.74) is 0.0916. The zero-order valence-corrected chi connectivity index (χ0v) is 9.86. The van der Waals surface area contributed by atoms with E-state index >= 15 is 0 Å².